The van der Waals surface area contributed by atoms with Crippen LogP contribution in [-0.4, -0.2) is 67.3 Å². The molecule has 1 aliphatic rings. The fourth-order valence-electron chi connectivity index (χ4n) is 1.98. The average Bonchev–Trinajstić information content (AvgIpc) is 2.91. The molecule has 0 aromatic carbocycles. The van der Waals surface area contributed by atoms with E-state index in [0.29, 0.717) is 32.3 Å². The van der Waals surface area contributed by atoms with E-state index in [-0.39, 0.29) is 0 Å². The highest BCUT2D eigenvalue weighted by Crippen LogP contribution is 2.26. The van der Waals surface area contributed by atoms with E-state index in [9.17, 15) is 0 Å². The number of methoxy groups -OCH3 is 1. The highest BCUT2D eigenvalue weighted by Gasteiger charge is 2.18. The smallest absolute Gasteiger partial charge is 0.253 e. The predicted octanol–water partition coefficient (Wildman–Crippen LogP) is 1.30. The number of ether oxygens (including phenoxy) is 3. The third kappa shape index (κ3) is 4.52. The molecular weight excluding hydrogens is 278 g/mol. The van der Waals surface area contributed by atoms with E-state index in [4.69, 9.17) is 14.2 Å². The quantitative estimate of drug-likeness (QED) is 0.674. The van der Waals surface area contributed by atoms with Gasteiger partial charge in [-0.15, -0.1) is 4.37 Å². The molecule has 2 rings (SSSR count). The number of hydrogen-bond donors (Lipinski definition) is 0. The molecule has 1 aromatic heterocycles. The number of rotatable bonds is 8. The standard InChI is InChI=1S/C13H21N3O3S/c1-16-5-3-4-11(10-16)12-13(15-20-14-12)19-9-8-18-7-6-17-2/h4H,3,5-10H2,1-2H3. The summed E-state index contributed by atoms with van der Waals surface area (Å²) in [5.41, 5.74) is 2.07. The summed E-state index contributed by atoms with van der Waals surface area (Å²) in [7, 11) is 3.76. The molecule has 112 valence electrons. The van der Waals surface area contributed by atoms with Gasteiger partial charge >= 0.3 is 0 Å². The Morgan fingerprint density at radius 1 is 1.25 bits per heavy atom. The van der Waals surface area contributed by atoms with Crippen LogP contribution in [-0.2, 0) is 9.47 Å². The molecule has 0 aliphatic carbocycles. The van der Waals surface area contributed by atoms with Gasteiger partial charge in [-0.05, 0) is 19.0 Å². The molecule has 2 heterocycles. The third-order valence-corrected chi connectivity index (χ3v) is 3.51. The van der Waals surface area contributed by atoms with Crippen LogP contribution in [0.2, 0.25) is 0 Å². The van der Waals surface area contributed by atoms with Crippen molar-refractivity contribution in [3.63, 3.8) is 0 Å². The molecule has 0 N–H and O–H groups in total. The second kappa shape index (κ2) is 8.31. The van der Waals surface area contributed by atoms with E-state index < -0.39 is 0 Å². The van der Waals surface area contributed by atoms with Crippen molar-refractivity contribution in [2.45, 2.75) is 6.42 Å². The van der Waals surface area contributed by atoms with Crippen LogP contribution in [0.1, 0.15) is 12.1 Å². The van der Waals surface area contributed by atoms with Gasteiger partial charge in [0.25, 0.3) is 5.88 Å². The van der Waals surface area contributed by atoms with Gasteiger partial charge in [-0.2, -0.15) is 4.37 Å². The zero-order valence-corrected chi connectivity index (χ0v) is 12.8. The summed E-state index contributed by atoms with van der Waals surface area (Å²) < 4.78 is 24.5. The molecule has 0 radical (unpaired) electrons. The molecule has 0 bridgehead atoms. The minimum absolute atomic E-state index is 0.477. The molecule has 1 aliphatic heterocycles. The fraction of sp³-hybridized carbons (Fsp3) is 0.692. The molecule has 0 saturated heterocycles. The zero-order chi connectivity index (χ0) is 14.2. The lowest BCUT2D eigenvalue weighted by atomic mass is 10.1. The molecule has 20 heavy (non-hydrogen) atoms. The second-order valence-corrected chi connectivity index (χ2v) is 5.16. The highest BCUT2D eigenvalue weighted by molar-refractivity contribution is 6.99. The van der Waals surface area contributed by atoms with Gasteiger partial charge in [0.2, 0.25) is 0 Å². The fourth-order valence-corrected chi connectivity index (χ4v) is 2.51. The minimum Gasteiger partial charge on any atom is -0.473 e. The van der Waals surface area contributed by atoms with Crippen LogP contribution < -0.4 is 4.74 Å². The van der Waals surface area contributed by atoms with Gasteiger partial charge in [-0.25, -0.2) is 0 Å². The maximum absolute atomic E-state index is 5.66. The Hall–Kier alpha value is -1.02. The topological polar surface area (TPSA) is 56.7 Å². The SMILES string of the molecule is COCCOCCOc1nsnc1C1=CCCN(C)C1. The highest BCUT2D eigenvalue weighted by atomic mass is 32.1. The van der Waals surface area contributed by atoms with E-state index >= 15 is 0 Å². The van der Waals surface area contributed by atoms with Crippen molar-refractivity contribution in [1.82, 2.24) is 13.6 Å². The normalized spacial score (nSPS) is 16.2. The summed E-state index contributed by atoms with van der Waals surface area (Å²) >= 11 is 1.19. The lowest BCUT2D eigenvalue weighted by molar-refractivity contribution is 0.0537. The monoisotopic (exact) mass is 299 g/mol. The molecule has 0 unspecified atom stereocenters. The molecule has 0 saturated carbocycles. The van der Waals surface area contributed by atoms with Crippen LogP contribution in [0.5, 0.6) is 5.88 Å². The lowest BCUT2D eigenvalue weighted by Crippen LogP contribution is -2.25. The van der Waals surface area contributed by atoms with Gasteiger partial charge in [0.15, 0.2) is 0 Å². The lowest BCUT2D eigenvalue weighted by Gasteiger charge is -2.22. The molecule has 6 nitrogen and oxygen atoms in total. The summed E-state index contributed by atoms with van der Waals surface area (Å²) in [6.07, 6.45) is 3.27. The Labute approximate surface area is 123 Å². The summed E-state index contributed by atoms with van der Waals surface area (Å²) in [6.45, 7) is 4.17. The van der Waals surface area contributed by atoms with E-state index in [1.807, 2.05) is 0 Å². The summed E-state index contributed by atoms with van der Waals surface area (Å²) in [6, 6.07) is 0. The van der Waals surface area contributed by atoms with Crippen LogP contribution in [0.15, 0.2) is 6.08 Å². The van der Waals surface area contributed by atoms with Crippen molar-refractivity contribution in [3.8, 4) is 5.88 Å². The van der Waals surface area contributed by atoms with Gasteiger partial charge in [0.05, 0.1) is 31.5 Å². The van der Waals surface area contributed by atoms with E-state index in [0.717, 1.165) is 25.2 Å². The van der Waals surface area contributed by atoms with Crippen molar-refractivity contribution in [3.05, 3.63) is 11.8 Å². The molecule has 0 amide bonds. The van der Waals surface area contributed by atoms with E-state index in [2.05, 4.69) is 26.8 Å². The van der Waals surface area contributed by atoms with Crippen molar-refractivity contribution in [2.75, 3.05) is 53.7 Å². The van der Waals surface area contributed by atoms with Crippen molar-refractivity contribution >= 4 is 17.3 Å². The number of nitrogens with zero attached hydrogens (tertiary/aromatic N) is 3. The van der Waals surface area contributed by atoms with Gasteiger partial charge in [0, 0.05) is 20.2 Å². The minimum atomic E-state index is 0.477. The molecular formula is C13H21N3O3S. The Balaban J connectivity index is 1.81. The maximum atomic E-state index is 5.66. The van der Waals surface area contributed by atoms with Crippen molar-refractivity contribution < 1.29 is 14.2 Å². The first-order valence-electron chi connectivity index (χ1n) is 6.71. The largest absolute Gasteiger partial charge is 0.473 e. The summed E-state index contributed by atoms with van der Waals surface area (Å²) in [5, 5.41) is 0. The van der Waals surface area contributed by atoms with Gasteiger partial charge in [0.1, 0.15) is 12.3 Å². The first kappa shape index (κ1) is 15.4. The number of likely N-dealkylation sites (N-methyl/N-ethyl adjacent to an activating group) is 1. The average molecular weight is 299 g/mol. The van der Waals surface area contributed by atoms with Crippen LogP contribution in [0.3, 0.4) is 0 Å². The second-order valence-electron chi connectivity index (χ2n) is 4.63. The van der Waals surface area contributed by atoms with E-state index in [1.54, 1.807) is 7.11 Å². The zero-order valence-electron chi connectivity index (χ0n) is 12.0. The van der Waals surface area contributed by atoms with Crippen LogP contribution in [0.4, 0.5) is 0 Å². The predicted molar refractivity (Wildman–Crippen MR) is 78.2 cm³/mol. The Morgan fingerprint density at radius 2 is 2.10 bits per heavy atom. The maximum Gasteiger partial charge on any atom is 0.253 e. The summed E-state index contributed by atoms with van der Waals surface area (Å²) in [5.74, 6) is 0.617. The van der Waals surface area contributed by atoms with Crippen LogP contribution >= 0.6 is 11.7 Å². The third-order valence-electron chi connectivity index (χ3n) is 3.00. The van der Waals surface area contributed by atoms with Gasteiger partial charge in [-0.3, -0.25) is 0 Å². The van der Waals surface area contributed by atoms with Crippen molar-refractivity contribution in [2.24, 2.45) is 0 Å². The molecule has 0 spiro atoms. The first-order valence-corrected chi connectivity index (χ1v) is 7.44. The molecule has 0 atom stereocenters. The summed E-state index contributed by atoms with van der Waals surface area (Å²) in [4.78, 5) is 2.27. The molecule has 7 heteroatoms. The molecule has 0 fully saturated rings. The Bertz CT molecular complexity index is 436. The van der Waals surface area contributed by atoms with Crippen molar-refractivity contribution in [1.29, 1.82) is 0 Å². The number of hydrogen-bond acceptors (Lipinski definition) is 7. The van der Waals surface area contributed by atoms with Crippen LogP contribution in [0, 0.1) is 0 Å². The first-order chi connectivity index (χ1) is 9.81. The van der Waals surface area contributed by atoms with Crippen LogP contribution in [0.25, 0.3) is 5.57 Å². The Kier molecular flexibility index (Phi) is 6.38. The molecule has 1 aromatic rings. The van der Waals surface area contributed by atoms with Gasteiger partial charge < -0.3 is 19.1 Å². The van der Waals surface area contributed by atoms with Gasteiger partial charge in [-0.1, -0.05) is 6.08 Å². The number of aromatic nitrogens is 2. The Morgan fingerprint density at radius 3 is 2.90 bits per heavy atom. The van der Waals surface area contributed by atoms with E-state index in [1.165, 1.54) is 17.3 Å².